The van der Waals surface area contributed by atoms with E-state index in [1.165, 1.54) is 7.11 Å². The number of benzene rings is 1. The molecule has 2 heterocycles. The second kappa shape index (κ2) is 15.0. The Balaban J connectivity index is 1.66. The van der Waals surface area contributed by atoms with Crippen LogP contribution >= 0.6 is 0 Å². The van der Waals surface area contributed by atoms with Crippen LogP contribution in [-0.4, -0.2) is 83.2 Å². The number of amides is 3. The summed E-state index contributed by atoms with van der Waals surface area (Å²) in [6.45, 7) is 3.32. The minimum atomic E-state index is -0.777. The highest BCUT2D eigenvalue weighted by atomic mass is 19.1. The van der Waals surface area contributed by atoms with Gasteiger partial charge in [0.05, 0.1) is 19.8 Å². The molecule has 208 valence electrons. The average molecular weight is 527 g/mol. The highest BCUT2D eigenvalue weighted by molar-refractivity contribution is 5.74. The number of carbonyl (C=O) groups excluding carboxylic acids is 2. The quantitative estimate of drug-likeness (QED) is 0.383. The van der Waals surface area contributed by atoms with E-state index in [1.807, 2.05) is 7.05 Å². The van der Waals surface area contributed by atoms with Crippen LogP contribution in [0.3, 0.4) is 0 Å². The van der Waals surface area contributed by atoms with Crippen LogP contribution in [-0.2, 0) is 14.2 Å². The van der Waals surface area contributed by atoms with Gasteiger partial charge in [-0.25, -0.2) is 18.4 Å². The molecule has 1 aromatic carbocycles. The number of alkyl carbamates (subject to hydrolysis) is 1. The second-order valence-corrected chi connectivity index (χ2v) is 9.72. The average Bonchev–Trinajstić information content (AvgIpc) is 2.91. The van der Waals surface area contributed by atoms with Gasteiger partial charge in [-0.3, -0.25) is 0 Å². The Bertz CT molecular complexity index is 871. The number of likely N-dealkylation sites (N-methyl/N-ethyl adjacent to an activating group) is 1. The van der Waals surface area contributed by atoms with E-state index in [4.69, 9.17) is 9.47 Å². The van der Waals surface area contributed by atoms with Gasteiger partial charge in [0.2, 0.25) is 0 Å². The molecule has 0 unspecified atom stereocenters. The van der Waals surface area contributed by atoms with Crippen LogP contribution in [0.2, 0.25) is 0 Å². The van der Waals surface area contributed by atoms with Gasteiger partial charge in [0, 0.05) is 56.9 Å². The molecule has 0 radical (unpaired) electrons. The van der Waals surface area contributed by atoms with Crippen LogP contribution in [0.15, 0.2) is 18.2 Å². The van der Waals surface area contributed by atoms with Gasteiger partial charge in [-0.15, -0.1) is 0 Å². The lowest BCUT2D eigenvalue weighted by atomic mass is 9.88. The molecule has 2 aliphatic heterocycles. The maximum absolute atomic E-state index is 14.8. The van der Waals surface area contributed by atoms with Gasteiger partial charge >= 0.3 is 12.1 Å². The lowest BCUT2D eigenvalue weighted by molar-refractivity contribution is -0.0108. The molecule has 11 heteroatoms. The van der Waals surface area contributed by atoms with Gasteiger partial charge in [0.25, 0.3) is 0 Å². The van der Waals surface area contributed by atoms with E-state index in [9.17, 15) is 18.4 Å². The van der Waals surface area contributed by atoms with Crippen molar-refractivity contribution >= 4 is 12.1 Å². The van der Waals surface area contributed by atoms with E-state index in [1.54, 1.807) is 4.90 Å². The Morgan fingerprint density at radius 3 is 2.73 bits per heavy atom. The smallest absolute Gasteiger partial charge is 0.406 e. The van der Waals surface area contributed by atoms with Gasteiger partial charge < -0.3 is 35.1 Å². The van der Waals surface area contributed by atoms with E-state index < -0.39 is 23.8 Å². The Kier molecular flexibility index (Phi) is 11.8. The molecule has 0 spiro atoms. The van der Waals surface area contributed by atoms with Crippen molar-refractivity contribution in [2.45, 2.75) is 44.2 Å². The summed E-state index contributed by atoms with van der Waals surface area (Å²) in [5, 5.41) is 8.86. The molecule has 3 rings (SSSR count). The Morgan fingerprint density at radius 2 is 2.00 bits per heavy atom. The number of urea groups is 1. The number of likely N-dealkylation sites (tertiary alicyclic amines) is 1. The van der Waals surface area contributed by atoms with Crippen LogP contribution in [0.4, 0.5) is 18.4 Å². The highest BCUT2D eigenvalue weighted by Gasteiger charge is 2.33. The molecule has 3 N–H and O–H groups in total. The Hall–Kier alpha value is -2.50. The van der Waals surface area contributed by atoms with Crippen LogP contribution < -0.4 is 16.0 Å². The van der Waals surface area contributed by atoms with Crippen LogP contribution in [0.5, 0.6) is 0 Å². The van der Waals surface area contributed by atoms with E-state index in [-0.39, 0.29) is 36.7 Å². The van der Waals surface area contributed by atoms with Crippen LogP contribution in [0, 0.1) is 23.5 Å². The monoisotopic (exact) mass is 526 g/mol. The number of nitrogens with zero attached hydrogens (tertiary/aromatic N) is 1. The SMILES string of the molecule is CNC[C@H](CC1CCOCC1)NC(=O)N1CCC[C@@H]([C@@H](OCCNC(=O)OC)c2cc(F)ccc2F)C1. The fourth-order valence-corrected chi connectivity index (χ4v) is 5.16. The molecular formula is C26H40F2N4O5. The zero-order valence-electron chi connectivity index (χ0n) is 21.8. The Morgan fingerprint density at radius 1 is 1.22 bits per heavy atom. The van der Waals surface area contributed by atoms with Crippen molar-refractivity contribution in [3.8, 4) is 0 Å². The van der Waals surface area contributed by atoms with Crippen LogP contribution in [0.1, 0.15) is 43.8 Å². The van der Waals surface area contributed by atoms with Gasteiger partial charge in [-0.1, -0.05) is 0 Å². The molecule has 3 atom stereocenters. The van der Waals surface area contributed by atoms with Crippen LogP contribution in [0.25, 0.3) is 0 Å². The number of nitrogens with one attached hydrogen (secondary N) is 3. The molecule has 9 nitrogen and oxygen atoms in total. The Labute approximate surface area is 217 Å². The summed E-state index contributed by atoms with van der Waals surface area (Å²) in [6, 6.07) is 3.11. The van der Waals surface area contributed by atoms with Crippen molar-refractivity contribution in [2.75, 3.05) is 60.2 Å². The predicted molar refractivity (Wildman–Crippen MR) is 134 cm³/mol. The van der Waals surface area contributed by atoms with Gasteiger partial charge in [-0.05, 0) is 63.3 Å². The van der Waals surface area contributed by atoms with Crippen molar-refractivity contribution in [1.29, 1.82) is 0 Å². The maximum Gasteiger partial charge on any atom is 0.406 e. The topological polar surface area (TPSA) is 101 Å². The number of rotatable bonds is 11. The fraction of sp³-hybridized carbons (Fsp3) is 0.692. The molecule has 1 aromatic rings. The number of hydrogen-bond donors (Lipinski definition) is 3. The fourth-order valence-electron chi connectivity index (χ4n) is 5.16. The molecule has 2 aliphatic rings. The molecule has 0 aromatic heterocycles. The van der Waals surface area contributed by atoms with E-state index in [2.05, 4.69) is 20.7 Å². The number of piperidine rings is 1. The summed E-state index contributed by atoms with van der Waals surface area (Å²) in [7, 11) is 3.12. The molecule has 0 saturated carbocycles. The summed E-state index contributed by atoms with van der Waals surface area (Å²) in [5.74, 6) is -0.869. The molecule has 0 bridgehead atoms. The third-order valence-electron chi connectivity index (χ3n) is 7.03. The summed E-state index contributed by atoms with van der Waals surface area (Å²) in [5.41, 5.74) is 0.109. The van der Waals surface area contributed by atoms with Crippen molar-refractivity contribution in [2.24, 2.45) is 11.8 Å². The largest absolute Gasteiger partial charge is 0.453 e. The zero-order valence-corrected chi connectivity index (χ0v) is 21.8. The van der Waals surface area contributed by atoms with Crippen molar-refractivity contribution < 1.29 is 32.6 Å². The van der Waals surface area contributed by atoms with E-state index in [0.717, 1.165) is 50.7 Å². The molecule has 3 amide bonds. The third kappa shape index (κ3) is 9.08. The lowest BCUT2D eigenvalue weighted by Gasteiger charge is -2.38. The first-order chi connectivity index (χ1) is 17.9. The normalized spacial score (nSPS) is 20.2. The van der Waals surface area contributed by atoms with Gasteiger partial charge in [-0.2, -0.15) is 0 Å². The second-order valence-electron chi connectivity index (χ2n) is 9.72. The number of methoxy groups -OCH3 is 1. The van der Waals surface area contributed by atoms with E-state index >= 15 is 0 Å². The third-order valence-corrected chi connectivity index (χ3v) is 7.03. The van der Waals surface area contributed by atoms with Crippen molar-refractivity contribution in [3.05, 3.63) is 35.4 Å². The molecule has 37 heavy (non-hydrogen) atoms. The van der Waals surface area contributed by atoms with Gasteiger partial charge in [0.1, 0.15) is 11.6 Å². The first-order valence-corrected chi connectivity index (χ1v) is 13.1. The summed E-state index contributed by atoms with van der Waals surface area (Å²) in [4.78, 5) is 26.3. The van der Waals surface area contributed by atoms with E-state index in [0.29, 0.717) is 38.4 Å². The summed E-state index contributed by atoms with van der Waals surface area (Å²) < 4.78 is 44.8. The van der Waals surface area contributed by atoms with Gasteiger partial charge in [0.15, 0.2) is 0 Å². The predicted octanol–water partition coefficient (Wildman–Crippen LogP) is 3.20. The lowest BCUT2D eigenvalue weighted by Crippen LogP contribution is -2.52. The first-order valence-electron chi connectivity index (χ1n) is 13.1. The molecule has 2 saturated heterocycles. The summed E-state index contributed by atoms with van der Waals surface area (Å²) >= 11 is 0. The minimum Gasteiger partial charge on any atom is -0.453 e. The van der Waals surface area contributed by atoms with Crippen molar-refractivity contribution in [3.63, 3.8) is 0 Å². The molecule has 2 fully saturated rings. The standard InChI is InChI=1S/C26H40F2N4O5/c1-29-16-21(14-18-7-11-36-12-8-18)31-25(33)32-10-3-4-19(17-32)24(37-13-9-30-26(34)35-2)22-15-20(27)5-6-23(22)28/h5-6,15,18-19,21,24,29H,3-4,7-14,16-17H2,1-2H3,(H,30,34)(H,31,33)/t19-,21+,24-/m1/s1. The number of halogens is 2. The summed E-state index contributed by atoms with van der Waals surface area (Å²) in [6.07, 6.45) is 2.88. The molecule has 0 aliphatic carbocycles. The number of carbonyl (C=O) groups is 2. The minimum absolute atomic E-state index is 0.0157. The zero-order chi connectivity index (χ0) is 26.6. The highest BCUT2D eigenvalue weighted by Crippen LogP contribution is 2.34. The van der Waals surface area contributed by atoms with Crippen molar-refractivity contribution in [1.82, 2.24) is 20.9 Å². The molecular weight excluding hydrogens is 486 g/mol. The number of hydrogen-bond acceptors (Lipinski definition) is 6. The number of ether oxygens (including phenoxy) is 3. The maximum atomic E-state index is 14.8. The first kappa shape index (κ1) is 29.1.